The Labute approximate surface area is 216 Å². The van der Waals surface area contributed by atoms with E-state index in [1.54, 1.807) is 12.1 Å². The average molecular weight is 519 g/mol. The Kier molecular flexibility index (Phi) is 5.61. The van der Waals surface area contributed by atoms with E-state index >= 15 is 0 Å². The second-order valence-corrected chi connectivity index (χ2v) is 12.4. The molecule has 3 fully saturated rings. The molecule has 3 N–H and O–H groups in total. The fourth-order valence-corrected chi connectivity index (χ4v) is 7.16. The molecule has 0 saturated heterocycles. The number of nitrogens with zero attached hydrogens (tertiary/aromatic N) is 2. The van der Waals surface area contributed by atoms with Crippen molar-refractivity contribution < 1.29 is 18.0 Å². The predicted octanol–water partition coefficient (Wildman–Crippen LogP) is 3.72. The highest BCUT2D eigenvalue weighted by Gasteiger charge is 2.55. The zero-order valence-electron chi connectivity index (χ0n) is 20.5. The summed E-state index contributed by atoms with van der Waals surface area (Å²) in [7, 11) is -3.74. The highest BCUT2D eigenvalue weighted by atomic mass is 32.2. The number of nitrogens with two attached hydrogens (primary N) is 1. The first-order valence-corrected chi connectivity index (χ1v) is 14.3. The number of aromatic nitrogens is 2. The van der Waals surface area contributed by atoms with Gasteiger partial charge in [0.15, 0.2) is 0 Å². The molecule has 8 nitrogen and oxygen atoms in total. The Hall–Kier alpha value is -3.30. The third-order valence-electron chi connectivity index (χ3n) is 9.00. The second-order valence-electron chi connectivity index (χ2n) is 10.8. The first kappa shape index (κ1) is 24.1. The van der Waals surface area contributed by atoms with Gasteiger partial charge in [0.1, 0.15) is 5.78 Å². The van der Waals surface area contributed by atoms with Crippen molar-refractivity contribution in [3.8, 4) is 11.3 Å². The van der Waals surface area contributed by atoms with Crippen LogP contribution in [0.2, 0.25) is 0 Å². The molecule has 3 aliphatic carbocycles. The average Bonchev–Trinajstić information content (AvgIpc) is 3.50. The first-order valence-electron chi connectivity index (χ1n) is 12.8. The zero-order valence-corrected chi connectivity index (χ0v) is 21.3. The molecule has 1 aromatic heterocycles. The van der Waals surface area contributed by atoms with Crippen LogP contribution >= 0.6 is 0 Å². The Morgan fingerprint density at radius 3 is 2.30 bits per heavy atom. The number of benzene rings is 2. The van der Waals surface area contributed by atoms with Gasteiger partial charge in [-0.05, 0) is 61.8 Å². The van der Waals surface area contributed by atoms with E-state index in [0.29, 0.717) is 38.0 Å². The number of carbonyl (C=O) groups excluding carboxylic acids is 2. The van der Waals surface area contributed by atoms with Crippen LogP contribution in [-0.2, 0) is 26.2 Å². The lowest BCUT2D eigenvalue weighted by Gasteiger charge is -2.51. The Balaban J connectivity index is 1.10. The van der Waals surface area contributed by atoms with Crippen molar-refractivity contribution in [1.29, 1.82) is 0 Å². The van der Waals surface area contributed by atoms with Crippen molar-refractivity contribution in [3.05, 3.63) is 72.2 Å². The van der Waals surface area contributed by atoms with Crippen molar-refractivity contribution in [1.82, 2.24) is 14.9 Å². The second kappa shape index (κ2) is 8.63. The summed E-state index contributed by atoms with van der Waals surface area (Å²) in [6.07, 6.45) is 8.52. The number of primary sulfonamides is 1. The lowest BCUT2D eigenvalue weighted by atomic mass is 9.51. The summed E-state index contributed by atoms with van der Waals surface area (Å²) < 4.78 is 25.0. The lowest BCUT2D eigenvalue weighted by Crippen LogP contribution is -2.52. The van der Waals surface area contributed by atoms with E-state index in [2.05, 4.69) is 27.0 Å². The molecule has 1 atom stereocenters. The Bertz CT molecular complexity index is 1470. The number of hydrogen-bond donors (Lipinski definition) is 2. The van der Waals surface area contributed by atoms with Gasteiger partial charge in [-0.25, -0.2) is 18.5 Å². The molecular weight excluding hydrogens is 488 g/mol. The standard InChI is InChI=1S/C28H30N4O4S/c29-37(35,36)20-7-5-19(6-8-20)16-31-26(34)28-12-9-27(10-13-28,11-14-28)25(33)15-23-21-3-1-2-4-22(21)24-17-30-18-32(23)24/h1-8,17-18,23H,9-16H2,(H,31,34)(H2,29,35,36). The molecule has 2 bridgehead atoms. The van der Waals surface area contributed by atoms with Crippen molar-refractivity contribution >= 4 is 21.7 Å². The van der Waals surface area contributed by atoms with Crippen LogP contribution in [0.5, 0.6) is 0 Å². The number of ketones is 1. The van der Waals surface area contributed by atoms with Crippen LogP contribution in [0.3, 0.4) is 0 Å². The van der Waals surface area contributed by atoms with Gasteiger partial charge >= 0.3 is 0 Å². The molecule has 1 amide bonds. The van der Waals surface area contributed by atoms with E-state index in [4.69, 9.17) is 5.14 Å². The zero-order chi connectivity index (χ0) is 25.8. The molecule has 192 valence electrons. The van der Waals surface area contributed by atoms with Gasteiger partial charge in [-0.1, -0.05) is 36.4 Å². The molecular formula is C28H30N4O4S. The minimum absolute atomic E-state index is 0.0202. The van der Waals surface area contributed by atoms with Crippen LogP contribution in [0.25, 0.3) is 11.3 Å². The molecule has 0 spiro atoms. The summed E-state index contributed by atoms with van der Waals surface area (Å²) >= 11 is 0. The van der Waals surface area contributed by atoms with E-state index < -0.39 is 15.4 Å². The minimum Gasteiger partial charge on any atom is -0.352 e. The SMILES string of the molecule is NS(=O)(=O)c1ccc(CNC(=O)C23CCC(C(=O)CC4c5ccccc5-c5cncn54)(CC2)CC3)cc1. The van der Waals surface area contributed by atoms with Crippen molar-refractivity contribution in [2.45, 2.75) is 62.4 Å². The molecule has 2 aromatic carbocycles. The molecule has 37 heavy (non-hydrogen) atoms. The number of fused-ring (bicyclic) bond motifs is 6. The number of nitrogens with one attached hydrogen (secondary N) is 1. The van der Waals surface area contributed by atoms with Gasteiger partial charge in [-0.2, -0.15) is 0 Å². The quantitative estimate of drug-likeness (QED) is 0.493. The van der Waals surface area contributed by atoms with Crippen LogP contribution < -0.4 is 10.5 Å². The van der Waals surface area contributed by atoms with Gasteiger partial charge in [0, 0.05) is 29.4 Å². The van der Waals surface area contributed by atoms with E-state index in [1.165, 1.54) is 17.7 Å². The molecule has 9 heteroatoms. The molecule has 7 rings (SSSR count). The molecule has 0 radical (unpaired) electrons. The maximum absolute atomic E-state index is 13.8. The number of imidazole rings is 1. The van der Waals surface area contributed by atoms with Crippen LogP contribution in [0.1, 0.15) is 62.1 Å². The predicted molar refractivity (Wildman–Crippen MR) is 138 cm³/mol. The Morgan fingerprint density at radius 2 is 1.62 bits per heavy atom. The van der Waals surface area contributed by atoms with Gasteiger partial charge in [0.25, 0.3) is 0 Å². The fourth-order valence-electron chi connectivity index (χ4n) is 6.64. The molecule has 3 aromatic rings. The van der Waals surface area contributed by atoms with Crippen LogP contribution in [0.4, 0.5) is 0 Å². The van der Waals surface area contributed by atoms with Crippen molar-refractivity contribution in [2.24, 2.45) is 16.0 Å². The maximum Gasteiger partial charge on any atom is 0.238 e. The largest absolute Gasteiger partial charge is 0.352 e. The maximum atomic E-state index is 13.8. The number of carbonyl (C=O) groups is 2. The van der Waals surface area contributed by atoms with Gasteiger partial charge in [0.2, 0.25) is 15.9 Å². The summed E-state index contributed by atoms with van der Waals surface area (Å²) in [5.41, 5.74) is 3.43. The van der Waals surface area contributed by atoms with Crippen molar-refractivity contribution in [2.75, 3.05) is 0 Å². The highest BCUT2D eigenvalue weighted by molar-refractivity contribution is 7.89. The van der Waals surface area contributed by atoms with E-state index in [-0.39, 0.29) is 22.3 Å². The highest BCUT2D eigenvalue weighted by Crippen LogP contribution is 2.58. The smallest absolute Gasteiger partial charge is 0.238 e. The van der Waals surface area contributed by atoms with Crippen LogP contribution in [-0.4, -0.2) is 29.7 Å². The summed E-state index contributed by atoms with van der Waals surface area (Å²) in [5, 5.41) is 8.20. The number of Topliss-reactive ketones (excluding diaryl/α,β-unsaturated/α-hetero) is 1. The first-order chi connectivity index (χ1) is 17.7. The number of hydrogen-bond acceptors (Lipinski definition) is 5. The van der Waals surface area contributed by atoms with E-state index in [9.17, 15) is 18.0 Å². The van der Waals surface area contributed by atoms with E-state index in [1.807, 2.05) is 24.7 Å². The number of rotatable bonds is 7. The van der Waals surface area contributed by atoms with Gasteiger partial charge in [-0.3, -0.25) is 9.59 Å². The fraction of sp³-hybridized carbons (Fsp3) is 0.393. The van der Waals surface area contributed by atoms with Crippen molar-refractivity contribution in [3.63, 3.8) is 0 Å². The van der Waals surface area contributed by atoms with Crippen LogP contribution in [0, 0.1) is 10.8 Å². The summed E-state index contributed by atoms with van der Waals surface area (Å²) in [6.45, 7) is 0.323. The van der Waals surface area contributed by atoms with E-state index in [0.717, 1.165) is 36.1 Å². The summed E-state index contributed by atoms with van der Waals surface area (Å²) in [5.74, 6) is 0.328. The summed E-state index contributed by atoms with van der Waals surface area (Å²) in [4.78, 5) is 31.4. The molecule has 2 heterocycles. The monoisotopic (exact) mass is 518 g/mol. The van der Waals surface area contributed by atoms with Crippen LogP contribution in [0.15, 0.2) is 66.0 Å². The molecule has 1 aliphatic heterocycles. The van der Waals surface area contributed by atoms with Gasteiger partial charge < -0.3 is 9.88 Å². The summed E-state index contributed by atoms with van der Waals surface area (Å²) in [6, 6.07) is 14.5. The third-order valence-corrected chi connectivity index (χ3v) is 9.93. The Morgan fingerprint density at radius 1 is 0.973 bits per heavy atom. The number of sulfonamides is 1. The topological polar surface area (TPSA) is 124 Å². The minimum atomic E-state index is -3.74. The molecule has 3 saturated carbocycles. The molecule has 1 unspecified atom stereocenters. The molecule has 4 aliphatic rings. The number of amides is 1. The normalized spacial score (nSPS) is 25.9. The lowest BCUT2D eigenvalue weighted by molar-refractivity contribution is -0.149. The van der Waals surface area contributed by atoms with Gasteiger partial charge in [0.05, 0.1) is 29.2 Å². The third kappa shape index (κ3) is 4.01. The van der Waals surface area contributed by atoms with Gasteiger partial charge in [-0.15, -0.1) is 0 Å².